The van der Waals surface area contributed by atoms with Gasteiger partial charge >= 0.3 is 0 Å². The molecule has 0 saturated heterocycles. The third-order valence-corrected chi connectivity index (χ3v) is 12.2. The van der Waals surface area contributed by atoms with Gasteiger partial charge in [0, 0.05) is 68.6 Å². The summed E-state index contributed by atoms with van der Waals surface area (Å²) in [5.74, 6) is 1.58. The molecule has 312 valence electrons. The maximum atomic E-state index is 13.9. The number of carbonyl (C=O) groups is 4. The minimum absolute atomic E-state index is 0.00689. The van der Waals surface area contributed by atoms with Crippen LogP contribution in [-0.2, 0) is 16.0 Å². The van der Waals surface area contributed by atoms with E-state index in [0.29, 0.717) is 71.7 Å². The summed E-state index contributed by atoms with van der Waals surface area (Å²) in [4.78, 5) is 65.7. The number of benzene rings is 3. The molecule has 60 heavy (non-hydrogen) atoms. The molecule has 8 rings (SSSR count). The lowest BCUT2D eigenvalue weighted by molar-refractivity contribution is -0.128. The van der Waals surface area contributed by atoms with Gasteiger partial charge in [0.1, 0.15) is 17.3 Å². The molecule has 3 aromatic rings. The van der Waals surface area contributed by atoms with Gasteiger partial charge in [0.25, 0.3) is 11.8 Å². The summed E-state index contributed by atoms with van der Waals surface area (Å²) in [6.07, 6.45) is 12.4. The molecule has 1 saturated carbocycles. The number of ether oxygens (including phenoxy) is 3. The Morgan fingerprint density at radius 1 is 0.800 bits per heavy atom. The minimum atomic E-state index is -0.557. The molecule has 0 bridgehead atoms. The monoisotopic (exact) mass is 811 g/mol. The summed E-state index contributed by atoms with van der Waals surface area (Å²) in [7, 11) is 1.56. The Kier molecular flexibility index (Phi) is 11.6. The van der Waals surface area contributed by atoms with E-state index < -0.39 is 12.0 Å². The van der Waals surface area contributed by atoms with Crippen molar-refractivity contribution in [3.63, 3.8) is 0 Å². The first-order valence-corrected chi connectivity index (χ1v) is 21.1. The van der Waals surface area contributed by atoms with Gasteiger partial charge in [-0.3, -0.25) is 29.2 Å². The van der Waals surface area contributed by atoms with Crippen LogP contribution in [0.4, 0.5) is 11.4 Å². The third kappa shape index (κ3) is 8.43. The molecule has 1 aliphatic carbocycles. The summed E-state index contributed by atoms with van der Waals surface area (Å²) in [6.45, 7) is 8.22. The highest BCUT2D eigenvalue weighted by Gasteiger charge is 2.38. The molecule has 4 aliphatic heterocycles. The van der Waals surface area contributed by atoms with E-state index in [0.717, 1.165) is 28.7 Å². The maximum absolute atomic E-state index is 13.9. The zero-order chi connectivity index (χ0) is 42.2. The van der Waals surface area contributed by atoms with Crippen molar-refractivity contribution in [1.82, 2.24) is 9.80 Å². The van der Waals surface area contributed by atoms with Crippen LogP contribution in [0.25, 0.3) is 5.57 Å². The number of nitrogens with two attached hydrogens (primary N) is 1. The zero-order valence-electron chi connectivity index (χ0n) is 35.0. The lowest BCUT2D eigenvalue weighted by Gasteiger charge is -2.19. The predicted molar refractivity (Wildman–Crippen MR) is 231 cm³/mol. The number of aliphatic imine (C=N–C) groups is 2. The van der Waals surface area contributed by atoms with Gasteiger partial charge < -0.3 is 29.7 Å². The van der Waals surface area contributed by atoms with Crippen molar-refractivity contribution in [2.24, 2.45) is 33.5 Å². The topological polar surface area (TPSA) is 153 Å². The van der Waals surface area contributed by atoms with Crippen molar-refractivity contribution in [2.75, 3.05) is 20.3 Å². The Morgan fingerprint density at radius 2 is 1.42 bits per heavy atom. The molecule has 2 amide bonds. The van der Waals surface area contributed by atoms with Crippen LogP contribution in [0, 0.1) is 24.7 Å². The molecule has 4 heterocycles. The maximum Gasteiger partial charge on any atom is 0.260 e. The van der Waals surface area contributed by atoms with E-state index in [-0.39, 0.29) is 54.2 Å². The highest BCUT2D eigenvalue weighted by atomic mass is 16.5. The van der Waals surface area contributed by atoms with Crippen molar-refractivity contribution in [3.8, 4) is 17.2 Å². The number of rotatable bonds is 16. The average molecular weight is 812 g/mol. The van der Waals surface area contributed by atoms with E-state index in [2.05, 4.69) is 0 Å². The van der Waals surface area contributed by atoms with Gasteiger partial charge in [-0.05, 0) is 78.0 Å². The van der Waals surface area contributed by atoms with Crippen LogP contribution >= 0.6 is 0 Å². The van der Waals surface area contributed by atoms with Gasteiger partial charge in [0.2, 0.25) is 0 Å². The van der Waals surface area contributed by atoms with E-state index in [1.54, 1.807) is 36.0 Å². The Bertz CT molecular complexity index is 2340. The van der Waals surface area contributed by atoms with E-state index in [1.807, 2.05) is 82.0 Å². The first-order chi connectivity index (χ1) is 28.9. The molecule has 5 aliphatic rings. The summed E-state index contributed by atoms with van der Waals surface area (Å²) < 4.78 is 17.9. The number of aryl methyl sites for hydroxylation is 1. The van der Waals surface area contributed by atoms with Gasteiger partial charge in [-0.15, -0.1) is 0 Å². The average Bonchev–Trinajstić information content (AvgIpc) is 3.92. The van der Waals surface area contributed by atoms with Gasteiger partial charge in [-0.25, -0.2) is 0 Å². The number of hydrogen-bond donors (Lipinski definition) is 1. The van der Waals surface area contributed by atoms with Crippen LogP contribution < -0.4 is 19.9 Å². The normalized spacial score (nSPS) is 20.1. The molecule has 2 N–H and O–H groups in total. The number of nitrogens with zero attached hydrogens (tertiary/aromatic N) is 4. The second kappa shape index (κ2) is 17.0. The molecule has 0 unspecified atom stereocenters. The Labute approximate surface area is 351 Å². The fourth-order valence-electron chi connectivity index (χ4n) is 8.27. The Morgan fingerprint density at radius 3 is 2.07 bits per heavy atom. The van der Waals surface area contributed by atoms with Crippen molar-refractivity contribution < 1.29 is 33.4 Å². The lowest BCUT2D eigenvalue weighted by Crippen LogP contribution is -2.37. The standard InChI is InChI=1S/C48H53N5O7/c1-27(2)46(49)42(55)16-28(3)41(54)17-30-7-9-31(10-8-30)33-18-35-23-50-39-21-43(29(4)15-37(39)47(56)52(35)25-33)59-13-6-14-60-45-22-40-38(20-44(45)58-5)48(57)53-26-34(32-11-12-32)19-36(53)24-51-40/h7-10,15,20-28,32,35-36,46H,6,11-14,16-19,49H2,1-5H3/t28-,35+,36+,46+/m1/s1. The van der Waals surface area contributed by atoms with Crippen LogP contribution in [0.15, 0.2) is 76.5 Å². The second-order valence-corrected chi connectivity index (χ2v) is 17.0. The third-order valence-electron chi connectivity index (χ3n) is 12.2. The quantitative estimate of drug-likeness (QED) is 0.144. The number of ketones is 2. The highest BCUT2D eigenvalue weighted by molar-refractivity contribution is 6.06. The number of Topliss-reactive ketones (excluding diaryl/α,β-unsaturated/α-hetero) is 2. The van der Waals surface area contributed by atoms with Crippen LogP contribution in [0.5, 0.6) is 17.2 Å². The van der Waals surface area contributed by atoms with Crippen LogP contribution in [0.1, 0.15) is 96.7 Å². The summed E-state index contributed by atoms with van der Waals surface area (Å²) >= 11 is 0. The van der Waals surface area contributed by atoms with Gasteiger partial charge in [-0.2, -0.15) is 0 Å². The Balaban J connectivity index is 0.850. The van der Waals surface area contributed by atoms with Crippen molar-refractivity contribution >= 4 is 52.8 Å². The van der Waals surface area contributed by atoms with Gasteiger partial charge in [0.15, 0.2) is 11.5 Å². The summed E-state index contributed by atoms with van der Waals surface area (Å²) in [5.41, 5.74) is 13.1. The summed E-state index contributed by atoms with van der Waals surface area (Å²) in [5, 5.41) is 0. The van der Waals surface area contributed by atoms with E-state index in [9.17, 15) is 19.2 Å². The zero-order valence-corrected chi connectivity index (χ0v) is 35.0. The van der Waals surface area contributed by atoms with Crippen molar-refractivity contribution in [1.29, 1.82) is 0 Å². The minimum Gasteiger partial charge on any atom is -0.493 e. The number of fused-ring (bicyclic) bond motifs is 4. The first-order valence-electron chi connectivity index (χ1n) is 21.1. The van der Waals surface area contributed by atoms with E-state index >= 15 is 0 Å². The van der Waals surface area contributed by atoms with E-state index in [1.165, 1.54) is 18.4 Å². The predicted octanol–water partition coefficient (Wildman–Crippen LogP) is 7.74. The number of hydrogen-bond acceptors (Lipinski definition) is 10. The van der Waals surface area contributed by atoms with Crippen LogP contribution in [0.3, 0.4) is 0 Å². The number of methoxy groups -OCH3 is 1. The van der Waals surface area contributed by atoms with Crippen LogP contribution in [0.2, 0.25) is 0 Å². The van der Waals surface area contributed by atoms with Crippen LogP contribution in [-0.4, -0.2) is 84.1 Å². The first kappa shape index (κ1) is 40.9. The fourth-order valence-corrected chi connectivity index (χ4v) is 8.27. The number of amides is 2. The molecular formula is C48H53N5O7. The largest absolute Gasteiger partial charge is 0.493 e. The molecular weight excluding hydrogens is 759 g/mol. The van der Waals surface area contributed by atoms with E-state index in [4.69, 9.17) is 29.9 Å². The highest BCUT2D eigenvalue weighted by Crippen LogP contribution is 2.44. The smallest absolute Gasteiger partial charge is 0.260 e. The molecule has 1 fully saturated rings. The SMILES string of the molecule is COc1cc2c(cc1OCCCOc1cc3c(cc1C)C(=O)N1C=C(c4ccc(CC(=O)[C@H](C)CC(=O)[C@@H](N)C(C)C)cc4)C[C@H]1C=N3)N=C[C@@H]1CC(C3CC3)=CN1C2=O. The molecule has 12 heteroatoms. The Hall–Kier alpha value is -5.88. The molecule has 12 nitrogen and oxygen atoms in total. The molecule has 0 spiro atoms. The molecule has 0 aromatic heterocycles. The lowest BCUT2D eigenvalue weighted by atomic mass is 9.90. The van der Waals surface area contributed by atoms with Gasteiger partial charge in [-0.1, -0.05) is 45.0 Å². The molecule has 0 radical (unpaired) electrons. The second-order valence-electron chi connectivity index (χ2n) is 17.0. The molecule has 4 atom stereocenters. The number of carbonyl (C=O) groups excluding carboxylic acids is 4. The van der Waals surface area contributed by atoms with Gasteiger partial charge in [0.05, 0.1) is 61.0 Å². The fraction of sp³-hybridized carbons (Fsp3) is 0.417. The van der Waals surface area contributed by atoms with Crippen molar-refractivity contribution in [3.05, 3.63) is 94.3 Å². The van der Waals surface area contributed by atoms with Crippen molar-refractivity contribution in [2.45, 2.75) is 90.8 Å². The molecule has 3 aromatic carbocycles. The summed E-state index contributed by atoms with van der Waals surface area (Å²) in [6, 6.07) is 14.1.